The number of morpholine rings is 1. The number of rotatable bonds is 3. The summed E-state index contributed by atoms with van der Waals surface area (Å²) in [7, 11) is 0. The first-order valence-corrected chi connectivity index (χ1v) is 8.10. The monoisotopic (exact) mass is 322 g/mol. The first-order chi connectivity index (χ1) is 11.1. The summed E-state index contributed by atoms with van der Waals surface area (Å²) in [5.41, 5.74) is 0.649. The van der Waals surface area contributed by atoms with Crippen LogP contribution in [-0.4, -0.2) is 65.7 Å². The van der Waals surface area contributed by atoms with Crippen molar-refractivity contribution in [2.75, 3.05) is 32.8 Å². The molecule has 1 aromatic heterocycles. The van der Waals surface area contributed by atoms with Crippen molar-refractivity contribution in [1.82, 2.24) is 20.1 Å². The maximum atomic E-state index is 12.8. The van der Waals surface area contributed by atoms with Crippen molar-refractivity contribution < 1.29 is 13.9 Å². The standard InChI is InChI=1S/C16H23FN4O2/c1-12-8-15(20-4-6-23-7-5-20)11-21(12)16(22)19-10-14-3-2-13(17)9-18-14/h2-3,9,12,15H,4-8,10-11H2,1H3,(H,19,22). The Morgan fingerprint density at radius 2 is 2.22 bits per heavy atom. The van der Waals surface area contributed by atoms with E-state index in [0.717, 1.165) is 45.5 Å². The maximum Gasteiger partial charge on any atom is 0.318 e. The van der Waals surface area contributed by atoms with Crippen LogP contribution in [0, 0.1) is 5.82 Å². The molecule has 0 aromatic carbocycles. The molecule has 7 heteroatoms. The van der Waals surface area contributed by atoms with Crippen molar-refractivity contribution in [3.05, 3.63) is 29.8 Å². The van der Waals surface area contributed by atoms with E-state index < -0.39 is 0 Å². The molecular weight excluding hydrogens is 299 g/mol. The molecule has 2 fully saturated rings. The van der Waals surface area contributed by atoms with Gasteiger partial charge in [0.2, 0.25) is 0 Å². The number of carbonyl (C=O) groups excluding carboxylic acids is 1. The second-order valence-corrected chi connectivity index (χ2v) is 6.17. The molecule has 0 saturated carbocycles. The summed E-state index contributed by atoms with van der Waals surface area (Å²) in [5.74, 6) is -0.374. The zero-order valence-corrected chi connectivity index (χ0v) is 13.4. The lowest BCUT2D eigenvalue weighted by Gasteiger charge is -2.32. The molecule has 2 aliphatic rings. The van der Waals surface area contributed by atoms with Gasteiger partial charge in [0.15, 0.2) is 0 Å². The predicted molar refractivity (Wildman–Crippen MR) is 83.4 cm³/mol. The van der Waals surface area contributed by atoms with Crippen LogP contribution < -0.4 is 5.32 Å². The van der Waals surface area contributed by atoms with Gasteiger partial charge in [-0.25, -0.2) is 9.18 Å². The number of halogens is 1. The van der Waals surface area contributed by atoms with Crippen LogP contribution in [-0.2, 0) is 11.3 Å². The van der Waals surface area contributed by atoms with Gasteiger partial charge in [-0.15, -0.1) is 0 Å². The van der Waals surface area contributed by atoms with Crippen LogP contribution in [0.5, 0.6) is 0 Å². The summed E-state index contributed by atoms with van der Waals surface area (Å²) in [6.07, 6.45) is 2.15. The molecular formula is C16H23FN4O2. The van der Waals surface area contributed by atoms with Crippen molar-refractivity contribution >= 4 is 6.03 Å². The Hall–Kier alpha value is -1.73. The summed E-state index contributed by atoms with van der Waals surface area (Å²) in [4.78, 5) is 20.6. The third-order valence-electron chi connectivity index (χ3n) is 4.59. The van der Waals surface area contributed by atoms with Crippen molar-refractivity contribution in [2.24, 2.45) is 0 Å². The summed E-state index contributed by atoms with van der Waals surface area (Å²) < 4.78 is 18.2. The Morgan fingerprint density at radius 1 is 1.43 bits per heavy atom. The van der Waals surface area contributed by atoms with E-state index in [4.69, 9.17) is 4.74 Å². The highest BCUT2D eigenvalue weighted by atomic mass is 19.1. The average Bonchev–Trinajstić information content (AvgIpc) is 2.97. The van der Waals surface area contributed by atoms with E-state index in [-0.39, 0.29) is 17.9 Å². The average molecular weight is 322 g/mol. The lowest BCUT2D eigenvalue weighted by Crippen LogP contribution is -2.46. The van der Waals surface area contributed by atoms with E-state index >= 15 is 0 Å². The second kappa shape index (κ2) is 7.23. The summed E-state index contributed by atoms with van der Waals surface area (Å²) in [6.45, 7) is 6.55. The Morgan fingerprint density at radius 3 is 2.91 bits per heavy atom. The summed E-state index contributed by atoms with van der Waals surface area (Å²) in [5, 5.41) is 2.87. The smallest absolute Gasteiger partial charge is 0.318 e. The van der Waals surface area contributed by atoms with E-state index in [1.165, 1.54) is 6.07 Å². The fourth-order valence-corrected chi connectivity index (χ4v) is 3.27. The lowest BCUT2D eigenvalue weighted by atomic mass is 10.1. The van der Waals surface area contributed by atoms with Crippen molar-refractivity contribution in [3.8, 4) is 0 Å². The summed E-state index contributed by atoms with van der Waals surface area (Å²) in [6, 6.07) is 3.47. The zero-order chi connectivity index (χ0) is 16.2. The van der Waals surface area contributed by atoms with Gasteiger partial charge in [0.05, 0.1) is 31.6 Å². The quantitative estimate of drug-likeness (QED) is 0.909. The number of nitrogens with zero attached hydrogens (tertiary/aromatic N) is 3. The fourth-order valence-electron chi connectivity index (χ4n) is 3.27. The molecule has 126 valence electrons. The number of urea groups is 1. The molecule has 6 nitrogen and oxygen atoms in total. The van der Waals surface area contributed by atoms with Gasteiger partial charge in [-0.05, 0) is 25.5 Å². The van der Waals surface area contributed by atoms with Crippen molar-refractivity contribution in [2.45, 2.75) is 32.0 Å². The fraction of sp³-hybridized carbons (Fsp3) is 0.625. The molecule has 0 aliphatic carbocycles. The van der Waals surface area contributed by atoms with Crippen LogP contribution in [0.4, 0.5) is 9.18 Å². The van der Waals surface area contributed by atoms with E-state index in [0.29, 0.717) is 18.3 Å². The largest absolute Gasteiger partial charge is 0.379 e. The van der Waals surface area contributed by atoms with Gasteiger partial charge < -0.3 is 15.0 Å². The topological polar surface area (TPSA) is 57.7 Å². The lowest BCUT2D eigenvalue weighted by molar-refractivity contribution is 0.0190. The molecule has 0 bridgehead atoms. The minimum atomic E-state index is -0.374. The van der Waals surface area contributed by atoms with Crippen LogP contribution in [0.1, 0.15) is 19.0 Å². The minimum absolute atomic E-state index is 0.0839. The van der Waals surface area contributed by atoms with Crippen LogP contribution in [0.15, 0.2) is 18.3 Å². The highest BCUT2D eigenvalue weighted by molar-refractivity contribution is 5.74. The number of hydrogen-bond acceptors (Lipinski definition) is 4. The Balaban J connectivity index is 1.51. The number of hydrogen-bond donors (Lipinski definition) is 1. The molecule has 3 heterocycles. The third-order valence-corrected chi connectivity index (χ3v) is 4.59. The summed E-state index contributed by atoms with van der Waals surface area (Å²) >= 11 is 0. The number of amides is 2. The van der Waals surface area contributed by atoms with E-state index in [1.807, 2.05) is 4.90 Å². The molecule has 1 aromatic rings. The van der Waals surface area contributed by atoms with Crippen molar-refractivity contribution in [3.63, 3.8) is 0 Å². The van der Waals surface area contributed by atoms with E-state index in [9.17, 15) is 9.18 Å². The number of aromatic nitrogens is 1. The first kappa shape index (κ1) is 16.1. The van der Waals surface area contributed by atoms with Crippen LogP contribution in [0.2, 0.25) is 0 Å². The molecule has 0 spiro atoms. The number of carbonyl (C=O) groups is 1. The molecule has 3 rings (SSSR count). The maximum absolute atomic E-state index is 12.8. The highest BCUT2D eigenvalue weighted by Crippen LogP contribution is 2.22. The van der Waals surface area contributed by atoms with Crippen LogP contribution >= 0.6 is 0 Å². The molecule has 2 amide bonds. The Bertz CT molecular complexity index is 533. The van der Waals surface area contributed by atoms with Crippen LogP contribution in [0.25, 0.3) is 0 Å². The van der Waals surface area contributed by atoms with Gasteiger partial charge in [0, 0.05) is 31.7 Å². The van der Waals surface area contributed by atoms with E-state index in [2.05, 4.69) is 22.1 Å². The van der Waals surface area contributed by atoms with Gasteiger partial charge in [-0.2, -0.15) is 0 Å². The minimum Gasteiger partial charge on any atom is -0.379 e. The first-order valence-electron chi connectivity index (χ1n) is 8.10. The van der Waals surface area contributed by atoms with Crippen LogP contribution in [0.3, 0.4) is 0 Å². The number of ether oxygens (including phenoxy) is 1. The molecule has 2 saturated heterocycles. The number of likely N-dealkylation sites (tertiary alicyclic amines) is 1. The normalized spacial score (nSPS) is 25.6. The van der Waals surface area contributed by atoms with Gasteiger partial charge in [0.25, 0.3) is 0 Å². The molecule has 2 atom stereocenters. The highest BCUT2D eigenvalue weighted by Gasteiger charge is 2.35. The van der Waals surface area contributed by atoms with Gasteiger partial charge in [-0.3, -0.25) is 9.88 Å². The number of nitrogens with one attached hydrogen (secondary N) is 1. The molecule has 0 radical (unpaired) electrons. The SMILES string of the molecule is CC1CC(N2CCOCC2)CN1C(=O)NCc1ccc(F)cn1. The Kier molecular flexibility index (Phi) is 5.07. The second-order valence-electron chi connectivity index (χ2n) is 6.17. The van der Waals surface area contributed by atoms with Gasteiger partial charge >= 0.3 is 6.03 Å². The molecule has 2 aliphatic heterocycles. The zero-order valence-electron chi connectivity index (χ0n) is 13.4. The third kappa shape index (κ3) is 3.97. The molecule has 1 N–H and O–H groups in total. The molecule has 2 unspecified atom stereocenters. The van der Waals surface area contributed by atoms with Crippen molar-refractivity contribution in [1.29, 1.82) is 0 Å². The number of pyridine rings is 1. The Labute approximate surface area is 135 Å². The van der Waals surface area contributed by atoms with E-state index in [1.54, 1.807) is 6.07 Å². The molecule has 23 heavy (non-hydrogen) atoms. The van der Waals surface area contributed by atoms with Gasteiger partial charge in [-0.1, -0.05) is 0 Å². The van der Waals surface area contributed by atoms with Gasteiger partial charge in [0.1, 0.15) is 5.82 Å². The predicted octanol–water partition coefficient (Wildman–Crippen LogP) is 1.23.